The van der Waals surface area contributed by atoms with E-state index in [4.69, 9.17) is 5.11 Å². The van der Waals surface area contributed by atoms with Crippen LogP contribution < -0.4 is 4.90 Å². The smallest absolute Gasteiger partial charge is 0.255 e. The fourth-order valence-corrected chi connectivity index (χ4v) is 3.68. The molecule has 1 N–H and O–H groups in total. The maximum absolute atomic E-state index is 12.9. The molecular weight excluding hydrogens is 348 g/mol. The van der Waals surface area contributed by atoms with E-state index in [9.17, 15) is 4.79 Å². The molecule has 4 heteroatoms. The minimum Gasteiger partial charge on any atom is -0.396 e. The summed E-state index contributed by atoms with van der Waals surface area (Å²) in [6, 6.07) is 18.0. The first-order chi connectivity index (χ1) is 13.8. The number of fused-ring (bicyclic) bond motifs is 2. The van der Waals surface area contributed by atoms with Gasteiger partial charge >= 0.3 is 0 Å². The third kappa shape index (κ3) is 3.64. The molecule has 0 unspecified atom stereocenters. The fraction of sp³-hybridized carbons (Fsp3) is 0.208. The second-order valence-corrected chi connectivity index (χ2v) is 6.99. The van der Waals surface area contributed by atoms with Crippen LogP contribution in [0.1, 0.15) is 29.6 Å². The van der Waals surface area contributed by atoms with Crippen molar-refractivity contribution in [2.24, 2.45) is 0 Å². The fourth-order valence-electron chi connectivity index (χ4n) is 3.68. The van der Waals surface area contributed by atoms with Gasteiger partial charge in [0.05, 0.1) is 5.52 Å². The molecule has 0 aliphatic carbocycles. The number of para-hydroxylation sites is 2. The van der Waals surface area contributed by atoms with Crippen molar-refractivity contribution >= 4 is 28.1 Å². The van der Waals surface area contributed by atoms with Crippen LogP contribution in [0.5, 0.6) is 0 Å². The van der Waals surface area contributed by atoms with Crippen molar-refractivity contribution in [3.05, 3.63) is 84.7 Å². The molecule has 0 atom stereocenters. The molecular formula is C24H24N2O2. The number of hydrogen-bond acceptors (Lipinski definition) is 3. The normalized spacial score (nSPS) is 14.6. The van der Waals surface area contributed by atoms with Crippen molar-refractivity contribution in [1.29, 1.82) is 0 Å². The highest BCUT2D eigenvalue weighted by Gasteiger charge is 2.17. The van der Waals surface area contributed by atoms with Crippen molar-refractivity contribution < 1.29 is 9.90 Å². The Labute approximate surface area is 165 Å². The summed E-state index contributed by atoms with van der Waals surface area (Å²) in [5.74, 6) is -0.0490. The molecule has 4 rings (SSSR count). The topological polar surface area (TPSA) is 45.5 Å². The maximum Gasteiger partial charge on any atom is 0.255 e. The Morgan fingerprint density at radius 3 is 2.68 bits per heavy atom. The molecule has 0 bridgehead atoms. The Morgan fingerprint density at radius 1 is 0.964 bits per heavy atom. The minimum atomic E-state index is -0.0490. The molecule has 3 aromatic rings. The van der Waals surface area contributed by atoms with Gasteiger partial charge in [-0.2, -0.15) is 0 Å². The highest BCUT2D eigenvalue weighted by Crippen LogP contribution is 2.33. The zero-order valence-corrected chi connectivity index (χ0v) is 15.8. The molecule has 0 radical (unpaired) electrons. The molecule has 28 heavy (non-hydrogen) atoms. The number of carbonyl (C=O) groups excluding carboxylic acids is 1. The summed E-state index contributed by atoms with van der Waals surface area (Å²) < 4.78 is 1.69. The van der Waals surface area contributed by atoms with Gasteiger partial charge in [0, 0.05) is 48.3 Å². The van der Waals surface area contributed by atoms with Gasteiger partial charge < -0.3 is 10.0 Å². The van der Waals surface area contributed by atoms with Crippen LogP contribution in [0.4, 0.5) is 5.69 Å². The summed E-state index contributed by atoms with van der Waals surface area (Å²) >= 11 is 0. The first kappa shape index (κ1) is 18.3. The van der Waals surface area contributed by atoms with E-state index in [0.29, 0.717) is 0 Å². The van der Waals surface area contributed by atoms with E-state index in [1.54, 1.807) is 10.6 Å². The average molecular weight is 372 g/mol. The first-order valence-corrected chi connectivity index (χ1v) is 9.75. The van der Waals surface area contributed by atoms with Crippen molar-refractivity contribution in [2.75, 3.05) is 18.1 Å². The minimum absolute atomic E-state index is 0.0490. The van der Waals surface area contributed by atoms with Crippen molar-refractivity contribution in [1.82, 2.24) is 4.57 Å². The largest absolute Gasteiger partial charge is 0.396 e. The van der Waals surface area contributed by atoms with E-state index < -0.39 is 0 Å². The lowest BCUT2D eigenvalue weighted by Gasteiger charge is -2.27. The standard InChI is InChI=1S/C24H24N2O2/c27-17-7-1-6-14-25-15-12-20(21-9-3-5-11-23(21)25)18-24(28)26-16-13-19-8-2-4-10-22(19)26/h2-5,8-13,15-16,18,27H,1,6-7,14,17H2/b20-18+. The van der Waals surface area contributed by atoms with E-state index >= 15 is 0 Å². The highest BCUT2D eigenvalue weighted by atomic mass is 16.2. The quantitative estimate of drug-likeness (QED) is 0.496. The molecule has 0 fully saturated rings. The van der Waals surface area contributed by atoms with Gasteiger partial charge in [0.15, 0.2) is 0 Å². The summed E-state index contributed by atoms with van der Waals surface area (Å²) in [6.07, 6.45) is 10.5. The van der Waals surface area contributed by atoms with Crippen LogP contribution in [0.2, 0.25) is 0 Å². The maximum atomic E-state index is 12.9. The lowest BCUT2D eigenvalue weighted by atomic mass is 9.99. The number of aliphatic hydroxyl groups is 1. The number of allylic oxidation sites excluding steroid dienone is 3. The van der Waals surface area contributed by atoms with Gasteiger partial charge in [0.25, 0.3) is 5.91 Å². The van der Waals surface area contributed by atoms with Gasteiger partial charge in [-0.05, 0) is 49.1 Å². The molecule has 142 valence electrons. The van der Waals surface area contributed by atoms with Gasteiger partial charge in [-0.15, -0.1) is 0 Å². The van der Waals surface area contributed by atoms with Crippen molar-refractivity contribution in [3.8, 4) is 0 Å². The third-order valence-electron chi connectivity index (χ3n) is 5.13. The second kappa shape index (κ2) is 8.28. The third-order valence-corrected chi connectivity index (χ3v) is 5.13. The number of nitrogens with zero attached hydrogens (tertiary/aromatic N) is 2. The molecule has 2 heterocycles. The zero-order chi connectivity index (χ0) is 19.3. The number of hydrogen-bond donors (Lipinski definition) is 1. The molecule has 0 spiro atoms. The van der Waals surface area contributed by atoms with Gasteiger partial charge in [0.1, 0.15) is 0 Å². The molecule has 0 saturated heterocycles. The molecule has 1 aromatic heterocycles. The number of benzene rings is 2. The van der Waals surface area contributed by atoms with Gasteiger partial charge in [-0.25, -0.2) is 0 Å². The van der Waals surface area contributed by atoms with Crippen molar-refractivity contribution in [3.63, 3.8) is 0 Å². The van der Waals surface area contributed by atoms with Crippen LogP contribution >= 0.6 is 0 Å². The van der Waals surface area contributed by atoms with Gasteiger partial charge in [-0.1, -0.05) is 36.4 Å². The van der Waals surface area contributed by atoms with Crippen molar-refractivity contribution in [2.45, 2.75) is 19.3 Å². The van der Waals surface area contributed by atoms with Crippen LogP contribution in [0.3, 0.4) is 0 Å². The predicted molar refractivity (Wildman–Crippen MR) is 114 cm³/mol. The van der Waals surface area contributed by atoms with Crippen LogP contribution in [0, 0.1) is 0 Å². The Hall–Kier alpha value is -3.11. The van der Waals surface area contributed by atoms with Crippen LogP contribution in [-0.4, -0.2) is 28.7 Å². The summed E-state index contributed by atoms with van der Waals surface area (Å²) in [5.41, 5.74) is 4.02. The monoisotopic (exact) mass is 372 g/mol. The number of aliphatic hydroxyl groups excluding tert-OH is 1. The van der Waals surface area contributed by atoms with E-state index in [2.05, 4.69) is 17.0 Å². The zero-order valence-electron chi connectivity index (χ0n) is 15.8. The number of rotatable bonds is 6. The summed E-state index contributed by atoms with van der Waals surface area (Å²) in [7, 11) is 0. The first-order valence-electron chi connectivity index (χ1n) is 9.75. The Balaban J connectivity index is 1.61. The number of anilines is 1. The van der Waals surface area contributed by atoms with E-state index in [0.717, 1.165) is 53.5 Å². The predicted octanol–water partition coefficient (Wildman–Crippen LogP) is 4.86. The van der Waals surface area contributed by atoms with E-state index in [1.807, 2.05) is 60.9 Å². The summed E-state index contributed by atoms with van der Waals surface area (Å²) in [4.78, 5) is 15.2. The summed E-state index contributed by atoms with van der Waals surface area (Å²) in [5, 5.41) is 10.0. The molecule has 2 aromatic carbocycles. The second-order valence-electron chi connectivity index (χ2n) is 6.99. The average Bonchev–Trinajstić information content (AvgIpc) is 3.17. The molecule has 1 aliphatic rings. The number of aromatic nitrogens is 1. The molecule has 4 nitrogen and oxygen atoms in total. The number of unbranched alkanes of at least 4 members (excludes halogenated alkanes) is 2. The van der Waals surface area contributed by atoms with Crippen LogP contribution in [0.15, 0.2) is 79.1 Å². The molecule has 0 amide bonds. The lowest BCUT2D eigenvalue weighted by molar-refractivity contribution is 0.0974. The summed E-state index contributed by atoms with van der Waals surface area (Å²) in [6.45, 7) is 1.15. The SMILES string of the molecule is O=C(/C=C1\C=CN(CCCCCO)c2ccccc21)n1ccc2ccccc21. The lowest BCUT2D eigenvalue weighted by Crippen LogP contribution is -2.21. The van der Waals surface area contributed by atoms with E-state index in [1.165, 1.54) is 0 Å². The Bertz CT molecular complexity index is 1050. The molecule has 1 aliphatic heterocycles. The van der Waals surface area contributed by atoms with E-state index in [-0.39, 0.29) is 12.5 Å². The van der Waals surface area contributed by atoms with Gasteiger partial charge in [0.2, 0.25) is 0 Å². The molecule has 0 saturated carbocycles. The van der Waals surface area contributed by atoms with Crippen LogP contribution in [0.25, 0.3) is 16.5 Å². The Morgan fingerprint density at radius 2 is 1.79 bits per heavy atom. The Kier molecular flexibility index (Phi) is 5.40. The van der Waals surface area contributed by atoms with Gasteiger partial charge in [-0.3, -0.25) is 9.36 Å². The highest BCUT2D eigenvalue weighted by molar-refractivity contribution is 6.05. The number of carbonyl (C=O) groups is 1. The van der Waals surface area contributed by atoms with Crippen LogP contribution in [-0.2, 0) is 0 Å².